The number of halogens is 1. The average Bonchev–Trinajstić information content (AvgIpc) is 3.13. The molecule has 8 heteroatoms. The molecular weight excluding hydrogens is 419 g/mol. The number of hydrogen-bond donors (Lipinski definition) is 1. The molecule has 0 aliphatic rings. The molecule has 3 aromatic rings. The van der Waals surface area contributed by atoms with Crippen LogP contribution in [0.25, 0.3) is 10.1 Å². The number of thiophene rings is 1. The van der Waals surface area contributed by atoms with Crippen LogP contribution in [-0.2, 0) is 16.1 Å². The quantitative estimate of drug-likeness (QED) is 0.520. The first kappa shape index (κ1) is 22.7. The van der Waals surface area contributed by atoms with E-state index in [4.69, 9.17) is 9.47 Å². The average molecular weight is 445 g/mol. The molecule has 1 heterocycles. The number of carbonyl (C=O) groups excluding carboxylic acids is 2. The number of rotatable bonds is 9. The van der Waals surface area contributed by atoms with Crippen molar-refractivity contribution in [3.8, 4) is 5.75 Å². The van der Waals surface area contributed by atoms with Gasteiger partial charge in [-0.15, -0.1) is 11.3 Å². The summed E-state index contributed by atoms with van der Waals surface area (Å²) in [6.07, 6.45) is 0.673. The van der Waals surface area contributed by atoms with Crippen LogP contribution >= 0.6 is 11.3 Å². The zero-order valence-electron chi connectivity index (χ0n) is 17.7. The second kappa shape index (κ2) is 10.4. The number of fused-ring (bicyclic) bond motifs is 1. The predicted molar refractivity (Wildman–Crippen MR) is 120 cm³/mol. The number of methoxy groups -OCH3 is 2. The maximum absolute atomic E-state index is 14.5. The van der Waals surface area contributed by atoms with Crippen LogP contribution in [0.15, 0.2) is 42.5 Å². The lowest BCUT2D eigenvalue weighted by Crippen LogP contribution is -2.38. The number of amides is 2. The highest BCUT2D eigenvalue weighted by Crippen LogP contribution is 2.34. The fourth-order valence-electron chi connectivity index (χ4n) is 3.40. The highest BCUT2D eigenvalue weighted by Gasteiger charge is 2.26. The molecule has 0 fully saturated rings. The van der Waals surface area contributed by atoms with Gasteiger partial charge in [0.2, 0.25) is 5.91 Å². The summed E-state index contributed by atoms with van der Waals surface area (Å²) in [4.78, 5) is 27.9. The summed E-state index contributed by atoms with van der Waals surface area (Å²) in [6.45, 7) is 2.30. The van der Waals surface area contributed by atoms with Crippen LogP contribution in [0.4, 0.5) is 10.1 Å². The minimum atomic E-state index is -0.393. The van der Waals surface area contributed by atoms with Crippen LogP contribution < -0.4 is 10.1 Å². The van der Waals surface area contributed by atoms with Crippen molar-refractivity contribution in [3.63, 3.8) is 0 Å². The van der Waals surface area contributed by atoms with Gasteiger partial charge in [0.15, 0.2) is 0 Å². The fraction of sp³-hybridized carbons (Fsp3) is 0.304. The monoisotopic (exact) mass is 444 g/mol. The highest BCUT2D eigenvalue weighted by atomic mass is 32.1. The SMILES string of the molecule is CCCN(CC(=O)Nc1ccccc1OC)C(=O)c1sc2cccc(F)c2c1COC. The molecule has 1 aromatic heterocycles. The van der Waals surface area contributed by atoms with Gasteiger partial charge in [-0.25, -0.2) is 4.39 Å². The molecule has 2 amide bonds. The zero-order valence-corrected chi connectivity index (χ0v) is 18.6. The van der Waals surface area contributed by atoms with Gasteiger partial charge in [-0.05, 0) is 30.7 Å². The Morgan fingerprint density at radius 3 is 2.61 bits per heavy atom. The Hall–Kier alpha value is -2.97. The Morgan fingerprint density at radius 1 is 1.13 bits per heavy atom. The summed E-state index contributed by atoms with van der Waals surface area (Å²) < 4.78 is 25.6. The first-order valence-electron chi connectivity index (χ1n) is 9.91. The van der Waals surface area contributed by atoms with E-state index in [0.29, 0.717) is 44.9 Å². The van der Waals surface area contributed by atoms with E-state index >= 15 is 0 Å². The van der Waals surface area contributed by atoms with E-state index in [9.17, 15) is 14.0 Å². The van der Waals surface area contributed by atoms with Crippen molar-refractivity contribution in [2.24, 2.45) is 0 Å². The molecule has 0 bridgehead atoms. The van der Waals surface area contributed by atoms with E-state index in [0.717, 1.165) is 0 Å². The Morgan fingerprint density at radius 2 is 1.90 bits per heavy atom. The van der Waals surface area contributed by atoms with Crippen molar-refractivity contribution in [3.05, 3.63) is 58.7 Å². The maximum Gasteiger partial charge on any atom is 0.264 e. The topological polar surface area (TPSA) is 67.9 Å². The summed E-state index contributed by atoms with van der Waals surface area (Å²) in [5.74, 6) is -0.515. The van der Waals surface area contributed by atoms with Crippen LogP contribution in [0.2, 0.25) is 0 Å². The number of carbonyl (C=O) groups is 2. The van der Waals surface area contributed by atoms with E-state index < -0.39 is 5.82 Å². The standard InChI is InChI=1S/C23H25FN2O4S/c1-4-12-26(13-20(27)25-17-9-5-6-10-18(17)30-3)23(28)22-15(14-29-2)21-16(24)8-7-11-19(21)31-22/h5-11H,4,12-14H2,1-3H3,(H,25,27). The van der Waals surface area contributed by atoms with Crippen LogP contribution in [-0.4, -0.2) is 44.0 Å². The minimum Gasteiger partial charge on any atom is -0.495 e. The largest absolute Gasteiger partial charge is 0.495 e. The number of ether oxygens (including phenoxy) is 2. The van der Waals surface area contributed by atoms with Gasteiger partial charge in [0.05, 0.1) is 24.3 Å². The van der Waals surface area contributed by atoms with Gasteiger partial charge in [-0.2, -0.15) is 0 Å². The lowest BCUT2D eigenvalue weighted by molar-refractivity contribution is -0.116. The molecule has 0 aliphatic carbocycles. The second-order valence-electron chi connectivity index (χ2n) is 6.93. The van der Waals surface area contributed by atoms with Gasteiger partial charge in [-0.1, -0.05) is 25.1 Å². The molecule has 0 unspecified atom stereocenters. The van der Waals surface area contributed by atoms with Gasteiger partial charge in [-0.3, -0.25) is 9.59 Å². The number of para-hydroxylation sites is 2. The van der Waals surface area contributed by atoms with E-state index in [2.05, 4.69) is 5.32 Å². The van der Waals surface area contributed by atoms with Gasteiger partial charge in [0, 0.05) is 29.3 Å². The van der Waals surface area contributed by atoms with Crippen molar-refractivity contribution in [1.29, 1.82) is 0 Å². The summed E-state index contributed by atoms with van der Waals surface area (Å²) >= 11 is 1.21. The van der Waals surface area contributed by atoms with E-state index in [1.165, 1.54) is 36.5 Å². The van der Waals surface area contributed by atoms with E-state index in [1.807, 2.05) is 6.92 Å². The lowest BCUT2D eigenvalue weighted by atomic mass is 10.1. The molecule has 0 atom stereocenters. The van der Waals surface area contributed by atoms with Gasteiger partial charge in [0.25, 0.3) is 5.91 Å². The zero-order chi connectivity index (χ0) is 22.4. The summed E-state index contributed by atoms with van der Waals surface area (Å²) in [5.41, 5.74) is 1.04. The van der Waals surface area contributed by atoms with E-state index in [1.54, 1.807) is 36.4 Å². The number of nitrogens with zero attached hydrogens (tertiary/aromatic N) is 1. The number of nitrogens with one attached hydrogen (secondary N) is 1. The molecule has 3 rings (SSSR count). The summed E-state index contributed by atoms with van der Waals surface area (Å²) in [5, 5.41) is 3.19. The van der Waals surface area contributed by atoms with Crippen LogP contribution in [0.3, 0.4) is 0 Å². The van der Waals surface area contributed by atoms with Crippen LogP contribution in [0.5, 0.6) is 5.75 Å². The summed E-state index contributed by atoms with van der Waals surface area (Å²) in [6, 6.07) is 11.8. The molecular formula is C23H25FN2O4S. The van der Waals surface area contributed by atoms with Crippen molar-refractivity contribution in [1.82, 2.24) is 4.90 Å². The Labute approximate surface area is 184 Å². The molecule has 0 aliphatic heterocycles. The van der Waals surface area contributed by atoms with Gasteiger partial charge < -0.3 is 19.7 Å². The van der Waals surface area contributed by atoms with Crippen molar-refractivity contribution in [2.45, 2.75) is 20.0 Å². The molecule has 0 saturated carbocycles. The molecule has 0 spiro atoms. The maximum atomic E-state index is 14.5. The molecule has 0 radical (unpaired) electrons. The molecule has 31 heavy (non-hydrogen) atoms. The Balaban J connectivity index is 1.87. The molecule has 1 N–H and O–H groups in total. The first-order valence-corrected chi connectivity index (χ1v) is 10.7. The van der Waals surface area contributed by atoms with E-state index in [-0.39, 0.29) is 25.0 Å². The highest BCUT2D eigenvalue weighted by molar-refractivity contribution is 7.21. The first-order chi connectivity index (χ1) is 15.0. The van der Waals surface area contributed by atoms with Crippen molar-refractivity contribution in [2.75, 3.05) is 32.6 Å². The van der Waals surface area contributed by atoms with Gasteiger partial charge >= 0.3 is 0 Å². The number of hydrogen-bond acceptors (Lipinski definition) is 5. The third kappa shape index (κ3) is 5.03. The Kier molecular flexibility index (Phi) is 7.59. The van der Waals surface area contributed by atoms with Crippen molar-refractivity contribution < 1.29 is 23.5 Å². The second-order valence-corrected chi connectivity index (χ2v) is 7.98. The van der Waals surface area contributed by atoms with Crippen molar-refractivity contribution >= 4 is 38.9 Å². The number of benzene rings is 2. The van der Waals surface area contributed by atoms with Gasteiger partial charge in [0.1, 0.15) is 18.1 Å². The minimum absolute atomic E-state index is 0.107. The van der Waals surface area contributed by atoms with Crippen LogP contribution in [0.1, 0.15) is 28.6 Å². The normalized spacial score (nSPS) is 10.8. The summed E-state index contributed by atoms with van der Waals surface area (Å²) in [7, 11) is 3.03. The van der Waals surface area contributed by atoms with Crippen LogP contribution in [0, 0.1) is 5.82 Å². The number of anilines is 1. The fourth-order valence-corrected chi connectivity index (χ4v) is 4.59. The predicted octanol–water partition coefficient (Wildman–Crippen LogP) is 4.69. The lowest BCUT2D eigenvalue weighted by Gasteiger charge is -2.22. The molecule has 0 saturated heterocycles. The molecule has 6 nitrogen and oxygen atoms in total. The molecule has 2 aromatic carbocycles. The Bertz CT molecular complexity index is 1080. The smallest absolute Gasteiger partial charge is 0.264 e. The third-order valence-electron chi connectivity index (χ3n) is 4.74. The molecule has 164 valence electrons. The third-order valence-corrected chi connectivity index (χ3v) is 5.93.